The van der Waals surface area contributed by atoms with Crippen LogP contribution in [-0.2, 0) is 11.3 Å². The van der Waals surface area contributed by atoms with Crippen molar-refractivity contribution in [2.75, 3.05) is 7.11 Å². The van der Waals surface area contributed by atoms with Gasteiger partial charge in [0.1, 0.15) is 18.1 Å². The van der Waals surface area contributed by atoms with Crippen molar-refractivity contribution >= 4 is 44.5 Å². The van der Waals surface area contributed by atoms with Gasteiger partial charge >= 0.3 is 5.97 Å². The lowest BCUT2D eigenvalue weighted by Gasteiger charge is -2.12. The Kier molecular flexibility index (Phi) is 4.28. The third kappa shape index (κ3) is 2.92. The van der Waals surface area contributed by atoms with Gasteiger partial charge in [0.05, 0.1) is 28.2 Å². The average molecular weight is 396 g/mol. The van der Waals surface area contributed by atoms with E-state index in [1.807, 2.05) is 24.3 Å². The van der Waals surface area contributed by atoms with E-state index in [-0.39, 0.29) is 6.54 Å². The van der Waals surface area contributed by atoms with E-state index in [9.17, 15) is 9.90 Å². The third-order valence-corrected chi connectivity index (χ3v) is 4.21. The minimum Gasteiger partial charge on any atom is -0.495 e. The van der Waals surface area contributed by atoms with Gasteiger partial charge in [-0.25, -0.2) is 4.98 Å². The van der Waals surface area contributed by atoms with Crippen LogP contribution < -0.4 is 4.74 Å². The summed E-state index contributed by atoms with van der Waals surface area (Å²) in [5.41, 5.74) is 2.08. The first-order valence-corrected chi connectivity index (χ1v) is 7.89. The molecule has 0 bridgehead atoms. The molecule has 3 rings (SSSR count). The van der Waals surface area contributed by atoms with Gasteiger partial charge in [0.15, 0.2) is 0 Å². The number of aliphatic carboxylic acids is 1. The smallest absolute Gasteiger partial charge is 0.323 e. The number of para-hydroxylation sites is 2. The molecule has 0 atom stereocenters. The van der Waals surface area contributed by atoms with Crippen LogP contribution in [0.15, 0.2) is 40.9 Å². The van der Waals surface area contributed by atoms with Gasteiger partial charge in [-0.15, -0.1) is 0 Å². The number of nitrogens with zero attached hydrogens (tertiary/aromatic N) is 2. The lowest BCUT2D eigenvalue weighted by molar-refractivity contribution is -0.137. The van der Waals surface area contributed by atoms with E-state index in [0.29, 0.717) is 32.1 Å². The quantitative estimate of drug-likeness (QED) is 0.718. The van der Waals surface area contributed by atoms with Crippen LogP contribution in [-0.4, -0.2) is 27.7 Å². The predicted molar refractivity (Wildman–Crippen MR) is 92.1 cm³/mol. The van der Waals surface area contributed by atoms with E-state index in [4.69, 9.17) is 16.3 Å². The highest BCUT2D eigenvalue weighted by Gasteiger charge is 2.20. The van der Waals surface area contributed by atoms with Crippen molar-refractivity contribution < 1.29 is 14.6 Å². The molecular formula is C16H12BrClN2O3. The maximum Gasteiger partial charge on any atom is 0.323 e. The van der Waals surface area contributed by atoms with E-state index in [1.54, 1.807) is 23.8 Å². The minimum absolute atomic E-state index is 0.205. The molecule has 5 nitrogen and oxygen atoms in total. The number of hydrogen-bond acceptors (Lipinski definition) is 3. The van der Waals surface area contributed by atoms with Crippen LogP contribution >= 0.6 is 27.5 Å². The number of carboxylic acid groups (broad SMARTS) is 1. The number of rotatable bonds is 4. The first-order valence-electron chi connectivity index (χ1n) is 6.71. The molecule has 0 fully saturated rings. The lowest BCUT2D eigenvalue weighted by Crippen LogP contribution is -2.10. The summed E-state index contributed by atoms with van der Waals surface area (Å²) >= 11 is 9.56. The molecule has 0 aliphatic rings. The molecule has 3 aromatic rings. The molecule has 0 aliphatic heterocycles. The number of aromatic nitrogens is 2. The van der Waals surface area contributed by atoms with Crippen molar-refractivity contribution in [1.29, 1.82) is 0 Å². The number of ether oxygens (including phenoxy) is 1. The monoisotopic (exact) mass is 394 g/mol. The van der Waals surface area contributed by atoms with Crippen molar-refractivity contribution in [3.8, 4) is 17.1 Å². The zero-order chi connectivity index (χ0) is 16.6. The number of imidazole rings is 1. The van der Waals surface area contributed by atoms with Gasteiger partial charge in [-0.05, 0) is 40.2 Å². The zero-order valence-corrected chi connectivity index (χ0v) is 14.4. The summed E-state index contributed by atoms with van der Waals surface area (Å²) in [6.07, 6.45) is 0. The number of hydrogen-bond donors (Lipinski definition) is 1. The number of methoxy groups -OCH3 is 1. The fraction of sp³-hybridized carbons (Fsp3) is 0.125. The van der Waals surface area contributed by atoms with E-state index < -0.39 is 5.97 Å². The summed E-state index contributed by atoms with van der Waals surface area (Å²) in [5.74, 6) is 0.0967. The van der Waals surface area contributed by atoms with Crippen LogP contribution in [0.5, 0.6) is 5.75 Å². The molecule has 118 valence electrons. The SMILES string of the molecule is COc1c(Br)cc(Cl)cc1-c1nc2ccccc2n1CC(=O)O. The molecule has 0 saturated heterocycles. The summed E-state index contributed by atoms with van der Waals surface area (Å²) in [7, 11) is 1.54. The van der Waals surface area contributed by atoms with Crippen LogP contribution in [0.1, 0.15) is 0 Å². The minimum atomic E-state index is -0.950. The van der Waals surface area contributed by atoms with E-state index in [2.05, 4.69) is 20.9 Å². The Bertz CT molecular complexity index is 908. The number of carbonyl (C=O) groups is 1. The van der Waals surface area contributed by atoms with Crippen LogP contribution in [0.25, 0.3) is 22.4 Å². The normalized spacial score (nSPS) is 10.9. The highest BCUT2D eigenvalue weighted by Crippen LogP contribution is 2.39. The van der Waals surface area contributed by atoms with E-state index in [0.717, 1.165) is 5.52 Å². The van der Waals surface area contributed by atoms with Crippen LogP contribution in [0.4, 0.5) is 0 Å². The molecule has 1 heterocycles. The molecule has 0 saturated carbocycles. The molecular weight excluding hydrogens is 384 g/mol. The Hall–Kier alpha value is -2.05. The molecule has 1 aromatic heterocycles. The molecule has 0 unspecified atom stereocenters. The number of fused-ring (bicyclic) bond motifs is 1. The highest BCUT2D eigenvalue weighted by atomic mass is 79.9. The Morgan fingerprint density at radius 3 is 2.83 bits per heavy atom. The number of carboxylic acids is 1. The third-order valence-electron chi connectivity index (χ3n) is 3.40. The van der Waals surface area contributed by atoms with Gasteiger partial charge in [0, 0.05) is 5.02 Å². The molecule has 7 heteroatoms. The Morgan fingerprint density at radius 2 is 2.13 bits per heavy atom. The van der Waals surface area contributed by atoms with Crippen molar-refractivity contribution in [1.82, 2.24) is 9.55 Å². The number of halogens is 2. The lowest BCUT2D eigenvalue weighted by atomic mass is 10.2. The zero-order valence-electron chi connectivity index (χ0n) is 12.1. The fourth-order valence-corrected chi connectivity index (χ4v) is 3.48. The van der Waals surface area contributed by atoms with Crippen molar-refractivity contribution in [3.63, 3.8) is 0 Å². The van der Waals surface area contributed by atoms with E-state index >= 15 is 0 Å². The largest absolute Gasteiger partial charge is 0.495 e. The molecule has 2 aromatic carbocycles. The molecule has 0 aliphatic carbocycles. The van der Waals surface area contributed by atoms with Gasteiger partial charge in [-0.2, -0.15) is 0 Å². The van der Waals surface area contributed by atoms with Crippen LogP contribution in [0.3, 0.4) is 0 Å². The van der Waals surface area contributed by atoms with Crippen LogP contribution in [0, 0.1) is 0 Å². The molecule has 23 heavy (non-hydrogen) atoms. The maximum absolute atomic E-state index is 11.3. The first-order chi connectivity index (χ1) is 11.0. The first kappa shape index (κ1) is 15.8. The second-order valence-electron chi connectivity index (χ2n) is 4.87. The Morgan fingerprint density at radius 1 is 1.39 bits per heavy atom. The average Bonchev–Trinajstić information content (AvgIpc) is 2.85. The fourth-order valence-electron chi connectivity index (χ4n) is 2.51. The van der Waals surface area contributed by atoms with Crippen molar-refractivity contribution in [2.45, 2.75) is 6.54 Å². The highest BCUT2D eigenvalue weighted by molar-refractivity contribution is 9.10. The molecule has 0 spiro atoms. The van der Waals surface area contributed by atoms with Gasteiger partial charge < -0.3 is 14.4 Å². The van der Waals surface area contributed by atoms with Crippen LogP contribution in [0.2, 0.25) is 5.02 Å². The second kappa shape index (κ2) is 6.22. The Labute approximate surface area is 145 Å². The number of benzene rings is 2. The Balaban J connectivity index is 2.34. The van der Waals surface area contributed by atoms with Gasteiger partial charge in [0.2, 0.25) is 0 Å². The molecule has 0 amide bonds. The van der Waals surface area contributed by atoms with Gasteiger partial charge in [-0.3, -0.25) is 4.79 Å². The van der Waals surface area contributed by atoms with Gasteiger partial charge in [-0.1, -0.05) is 23.7 Å². The molecule has 1 N–H and O–H groups in total. The predicted octanol–water partition coefficient (Wildman–Crippen LogP) is 4.21. The summed E-state index contributed by atoms with van der Waals surface area (Å²) in [5, 5.41) is 9.74. The molecule has 0 radical (unpaired) electrons. The maximum atomic E-state index is 11.3. The van der Waals surface area contributed by atoms with Crippen molar-refractivity contribution in [2.24, 2.45) is 0 Å². The summed E-state index contributed by atoms with van der Waals surface area (Å²) in [6, 6.07) is 10.8. The second-order valence-corrected chi connectivity index (χ2v) is 6.16. The summed E-state index contributed by atoms with van der Waals surface area (Å²) in [6.45, 7) is -0.205. The van der Waals surface area contributed by atoms with Crippen molar-refractivity contribution in [3.05, 3.63) is 45.9 Å². The summed E-state index contributed by atoms with van der Waals surface area (Å²) < 4.78 is 7.75. The van der Waals surface area contributed by atoms with Gasteiger partial charge in [0.25, 0.3) is 0 Å². The topological polar surface area (TPSA) is 64.4 Å². The van der Waals surface area contributed by atoms with E-state index in [1.165, 1.54) is 0 Å². The standard InChI is InChI=1S/C16H12BrClN2O3/c1-23-15-10(6-9(18)7-11(15)17)16-19-12-4-2-3-5-13(12)20(16)8-14(21)22/h2-7H,8H2,1H3,(H,21,22). The summed E-state index contributed by atoms with van der Waals surface area (Å²) in [4.78, 5) is 15.8.